The zero-order valence-corrected chi connectivity index (χ0v) is 15.2. The van der Waals surface area contributed by atoms with Crippen molar-refractivity contribution in [2.45, 2.75) is 13.0 Å². The van der Waals surface area contributed by atoms with Crippen LogP contribution in [0.25, 0.3) is 10.2 Å². The molecule has 0 aliphatic heterocycles. The van der Waals surface area contributed by atoms with Crippen LogP contribution in [0.1, 0.15) is 5.56 Å². The first-order valence-electron chi connectivity index (χ1n) is 7.93. The molecule has 136 valence electrons. The van der Waals surface area contributed by atoms with Crippen LogP contribution in [-0.2, 0) is 17.8 Å². The Morgan fingerprint density at radius 1 is 1.33 bits per heavy atom. The highest BCUT2D eigenvalue weighted by atomic mass is 32.1. The number of amides is 1. The second-order valence-electron chi connectivity index (χ2n) is 5.61. The summed E-state index contributed by atoms with van der Waals surface area (Å²) in [6.07, 6.45) is 5.56. The van der Waals surface area contributed by atoms with Crippen LogP contribution in [0.4, 0.5) is 5.69 Å². The topological polar surface area (TPSA) is 86.7 Å². The monoisotopic (exact) mass is 381 g/mol. The summed E-state index contributed by atoms with van der Waals surface area (Å²) in [7, 11) is 1.57. The largest absolute Gasteiger partial charge is 0.497 e. The number of hydrogen-bond donors (Lipinski definition) is 0. The number of benzene rings is 2. The van der Waals surface area contributed by atoms with Crippen molar-refractivity contribution in [1.29, 1.82) is 0 Å². The Labute approximate surface area is 158 Å². The van der Waals surface area contributed by atoms with Gasteiger partial charge in [-0.15, -0.1) is 6.42 Å². The van der Waals surface area contributed by atoms with Crippen LogP contribution in [0.15, 0.2) is 47.5 Å². The number of aromatic nitrogens is 1. The number of carbonyl (C=O) groups is 1. The smallest absolute Gasteiger partial charge is 0.270 e. The van der Waals surface area contributed by atoms with E-state index in [1.165, 1.54) is 23.5 Å². The molecule has 0 bridgehead atoms. The number of ether oxygens (including phenoxy) is 1. The molecule has 0 atom stereocenters. The van der Waals surface area contributed by atoms with Crippen molar-refractivity contribution < 1.29 is 14.5 Å². The molecule has 3 rings (SSSR count). The normalized spacial score (nSPS) is 11.3. The number of hydrogen-bond acceptors (Lipinski definition) is 5. The van der Waals surface area contributed by atoms with Gasteiger partial charge < -0.3 is 9.30 Å². The molecule has 1 heterocycles. The predicted octanol–water partition coefficient (Wildman–Crippen LogP) is 2.92. The molecule has 27 heavy (non-hydrogen) atoms. The van der Waals surface area contributed by atoms with E-state index in [0.29, 0.717) is 20.8 Å². The number of fused-ring (bicyclic) bond motifs is 1. The van der Waals surface area contributed by atoms with Crippen molar-refractivity contribution in [2.75, 3.05) is 7.11 Å². The highest BCUT2D eigenvalue weighted by Gasteiger charge is 2.12. The van der Waals surface area contributed by atoms with Crippen molar-refractivity contribution in [3.63, 3.8) is 0 Å². The van der Waals surface area contributed by atoms with E-state index in [9.17, 15) is 14.9 Å². The molecular formula is C19H15N3O4S. The van der Waals surface area contributed by atoms with E-state index in [0.717, 1.165) is 5.56 Å². The van der Waals surface area contributed by atoms with Gasteiger partial charge in [-0.3, -0.25) is 14.9 Å². The Balaban J connectivity index is 1.97. The number of nitrogens with zero attached hydrogens (tertiary/aromatic N) is 3. The summed E-state index contributed by atoms with van der Waals surface area (Å²) in [5.74, 6) is 2.91. The van der Waals surface area contributed by atoms with E-state index in [1.54, 1.807) is 42.0 Å². The Hall–Kier alpha value is -3.44. The molecule has 0 spiro atoms. The first-order chi connectivity index (χ1) is 13.0. The lowest BCUT2D eigenvalue weighted by molar-refractivity contribution is -0.384. The molecule has 8 heteroatoms. The Bertz CT molecular complexity index is 1120. The summed E-state index contributed by atoms with van der Waals surface area (Å²) in [6, 6.07) is 11.6. The molecule has 0 saturated carbocycles. The molecule has 0 saturated heterocycles. The third-order valence-corrected chi connectivity index (χ3v) is 4.90. The molecule has 0 unspecified atom stereocenters. The van der Waals surface area contributed by atoms with Crippen LogP contribution >= 0.6 is 11.3 Å². The maximum atomic E-state index is 12.4. The number of rotatable bonds is 5. The number of nitro groups is 1. The van der Waals surface area contributed by atoms with Gasteiger partial charge in [-0.2, -0.15) is 4.99 Å². The van der Waals surface area contributed by atoms with Crippen LogP contribution < -0.4 is 9.54 Å². The fourth-order valence-electron chi connectivity index (χ4n) is 2.57. The van der Waals surface area contributed by atoms with E-state index in [1.807, 2.05) is 0 Å². The number of terminal acetylenes is 1. The second kappa shape index (κ2) is 7.85. The van der Waals surface area contributed by atoms with Crippen LogP contribution in [-0.4, -0.2) is 22.5 Å². The van der Waals surface area contributed by atoms with E-state index >= 15 is 0 Å². The van der Waals surface area contributed by atoms with Crippen molar-refractivity contribution >= 4 is 33.1 Å². The van der Waals surface area contributed by atoms with E-state index in [-0.39, 0.29) is 24.6 Å². The first-order valence-corrected chi connectivity index (χ1v) is 8.75. The fraction of sp³-hybridized carbons (Fsp3) is 0.158. The Morgan fingerprint density at radius 2 is 2.07 bits per heavy atom. The minimum Gasteiger partial charge on any atom is -0.497 e. The van der Waals surface area contributed by atoms with Gasteiger partial charge >= 0.3 is 0 Å². The molecular weight excluding hydrogens is 366 g/mol. The lowest BCUT2D eigenvalue weighted by Gasteiger charge is -2.01. The van der Waals surface area contributed by atoms with Gasteiger partial charge in [-0.25, -0.2) is 0 Å². The molecule has 0 N–H and O–H groups in total. The van der Waals surface area contributed by atoms with Gasteiger partial charge in [-0.05, 0) is 23.8 Å². The molecule has 1 amide bonds. The lowest BCUT2D eigenvalue weighted by atomic mass is 10.1. The number of non-ortho nitro benzene ring substituents is 1. The summed E-state index contributed by atoms with van der Waals surface area (Å²) >= 11 is 1.20. The lowest BCUT2D eigenvalue weighted by Crippen LogP contribution is -2.17. The molecule has 1 aromatic heterocycles. The van der Waals surface area contributed by atoms with Gasteiger partial charge in [-0.1, -0.05) is 29.4 Å². The Morgan fingerprint density at radius 3 is 2.70 bits per heavy atom. The SMILES string of the molecule is C#CCn1c(=NC(=O)Cc2ccc(OC)cc2)sc2cc([N+](=O)[O-])ccc21. The summed E-state index contributed by atoms with van der Waals surface area (Å²) in [5, 5.41) is 11.0. The quantitative estimate of drug-likeness (QED) is 0.386. The van der Waals surface area contributed by atoms with E-state index in [2.05, 4.69) is 10.9 Å². The zero-order chi connectivity index (χ0) is 19.4. The average molecular weight is 381 g/mol. The molecule has 2 aromatic carbocycles. The number of carbonyl (C=O) groups excluding carboxylic acids is 1. The van der Waals surface area contributed by atoms with Crippen molar-refractivity contribution in [1.82, 2.24) is 4.57 Å². The minimum atomic E-state index is -0.462. The molecule has 0 aliphatic rings. The third-order valence-electron chi connectivity index (χ3n) is 3.86. The van der Waals surface area contributed by atoms with Gasteiger partial charge in [0.25, 0.3) is 11.6 Å². The molecule has 0 aliphatic carbocycles. The third kappa shape index (κ3) is 4.04. The van der Waals surface area contributed by atoms with Crippen molar-refractivity contribution in [3.8, 4) is 18.1 Å². The van der Waals surface area contributed by atoms with Crippen LogP contribution in [0.5, 0.6) is 5.75 Å². The van der Waals surface area contributed by atoms with Crippen LogP contribution in [0.2, 0.25) is 0 Å². The highest BCUT2D eigenvalue weighted by molar-refractivity contribution is 7.16. The zero-order valence-electron chi connectivity index (χ0n) is 14.4. The standard InChI is InChI=1S/C19H15N3O4S/c1-3-10-21-16-9-6-14(22(24)25)12-17(16)27-19(21)20-18(23)11-13-4-7-15(26-2)8-5-13/h1,4-9,12H,10-11H2,2H3. The minimum absolute atomic E-state index is 0.0206. The second-order valence-corrected chi connectivity index (χ2v) is 6.62. The molecule has 0 fully saturated rings. The Kier molecular flexibility index (Phi) is 5.33. The number of thiazole rings is 1. The van der Waals surface area contributed by atoms with Gasteiger partial charge in [0.15, 0.2) is 4.80 Å². The maximum Gasteiger partial charge on any atom is 0.270 e. The summed E-state index contributed by atoms with van der Waals surface area (Å²) in [5.41, 5.74) is 1.50. The first kappa shape index (κ1) is 18.4. The van der Waals surface area contributed by atoms with E-state index in [4.69, 9.17) is 11.2 Å². The predicted molar refractivity (Wildman–Crippen MR) is 103 cm³/mol. The highest BCUT2D eigenvalue weighted by Crippen LogP contribution is 2.23. The van der Waals surface area contributed by atoms with E-state index < -0.39 is 4.92 Å². The van der Waals surface area contributed by atoms with Gasteiger partial charge in [0.2, 0.25) is 0 Å². The summed E-state index contributed by atoms with van der Waals surface area (Å²) in [6.45, 7) is 0.215. The maximum absolute atomic E-state index is 12.4. The van der Waals surface area contributed by atoms with Crippen molar-refractivity contribution in [3.05, 3.63) is 62.9 Å². The molecule has 3 aromatic rings. The molecule has 7 nitrogen and oxygen atoms in total. The number of methoxy groups -OCH3 is 1. The van der Waals surface area contributed by atoms with Gasteiger partial charge in [0, 0.05) is 12.1 Å². The summed E-state index contributed by atoms with van der Waals surface area (Å²) < 4.78 is 7.45. The average Bonchev–Trinajstić information content (AvgIpc) is 2.99. The van der Waals surface area contributed by atoms with Gasteiger partial charge in [0.1, 0.15) is 5.75 Å². The fourth-order valence-corrected chi connectivity index (χ4v) is 3.65. The molecule has 0 radical (unpaired) electrons. The summed E-state index contributed by atoms with van der Waals surface area (Å²) in [4.78, 5) is 27.5. The van der Waals surface area contributed by atoms with Crippen LogP contribution in [0, 0.1) is 22.5 Å². The van der Waals surface area contributed by atoms with Crippen molar-refractivity contribution in [2.24, 2.45) is 4.99 Å². The van der Waals surface area contributed by atoms with Crippen LogP contribution in [0.3, 0.4) is 0 Å². The van der Waals surface area contributed by atoms with Gasteiger partial charge in [0.05, 0.1) is 35.2 Å². The number of nitro benzene ring substituents is 1.